The van der Waals surface area contributed by atoms with E-state index in [0.29, 0.717) is 19.4 Å². The van der Waals surface area contributed by atoms with Gasteiger partial charge in [-0.2, -0.15) is 0 Å². The van der Waals surface area contributed by atoms with Crippen molar-refractivity contribution in [3.63, 3.8) is 0 Å². The van der Waals surface area contributed by atoms with E-state index in [-0.39, 0.29) is 12.5 Å². The first-order valence-electron chi connectivity index (χ1n) is 7.33. The van der Waals surface area contributed by atoms with Crippen LogP contribution in [-0.4, -0.2) is 65.5 Å². The standard InChI is InChI=1S/C14H25N3O4/c1-4-17(10-11(18)16(2)3)13(21)15-14(12(19)20)8-6-5-7-9-14/h4-10H2,1-3H3,(H,15,21)(H,19,20). The summed E-state index contributed by atoms with van der Waals surface area (Å²) in [6.45, 7) is 2.06. The van der Waals surface area contributed by atoms with Gasteiger partial charge in [-0.1, -0.05) is 19.3 Å². The first-order valence-corrected chi connectivity index (χ1v) is 7.33. The average molecular weight is 299 g/mol. The number of carbonyl (C=O) groups excluding carboxylic acids is 2. The first-order chi connectivity index (χ1) is 9.82. The maximum atomic E-state index is 12.3. The molecule has 0 heterocycles. The summed E-state index contributed by atoms with van der Waals surface area (Å²) in [5.74, 6) is -1.19. The summed E-state index contributed by atoms with van der Waals surface area (Å²) in [5.41, 5.74) is -1.19. The number of carboxylic acids is 1. The second kappa shape index (κ2) is 7.28. The Morgan fingerprint density at radius 1 is 1.14 bits per heavy atom. The van der Waals surface area contributed by atoms with Gasteiger partial charge in [0.25, 0.3) is 0 Å². The molecule has 21 heavy (non-hydrogen) atoms. The Labute approximate surface area is 125 Å². The molecule has 1 rings (SSSR count). The molecule has 0 radical (unpaired) electrons. The van der Waals surface area contributed by atoms with Gasteiger partial charge >= 0.3 is 12.0 Å². The van der Waals surface area contributed by atoms with Crippen molar-refractivity contribution in [1.29, 1.82) is 0 Å². The SMILES string of the molecule is CCN(CC(=O)N(C)C)C(=O)NC1(C(=O)O)CCCCC1. The topological polar surface area (TPSA) is 90.0 Å². The number of nitrogens with one attached hydrogen (secondary N) is 1. The van der Waals surface area contributed by atoms with E-state index in [1.807, 2.05) is 0 Å². The van der Waals surface area contributed by atoms with Gasteiger partial charge in [0.2, 0.25) is 5.91 Å². The van der Waals surface area contributed by atoms with E-state index in [1.165, 1.54) is 9.80 Å². The van der Waals surface area contributed by atoms with E-state index in [4.69, 9.17) is 0 Å². The van der Waals surface area contributed by atoms with E-state index >= 15 is 0 Å². The molecular weight excluding hydrogens is 274 g/mol. The normalized spacial score (nSPS) is 16.9. The maximum absolute atomic E-state index is 12.3. The lowest BCUT2D eigenvalue weighted by Crippen LogP contribution is -2.59. The summed E-state index contributed by atoms with van der Waals surface area (Å²) in [6, 6.07) is -0.489. The molecule has 0 aliphatic heterocycles. The number of amides is 3. The quantitative estimate of drug-likeness (QED) is 0.789. The third-order valence-electron chi connectivity index (χ3n) is 3.96. The van der Waals surface area contributed by atoms with Gasteiger partial charge in [-0.15, -0.1) is 0 Å². The van der Waals surface area contributed by atoms with Gasteiger partial charge in [0, 0.05) is 20.6 Å². The van der Waals surface area contributed by atoms with Gasteiger partial charge < -0.3 is 20.2 Å². The summed E-state index contributed by atoms with van der Waals surface area (Å²) in [6.07, 6.45) is 3.44. The molecule has 0 saturated heterocycles. The predicted octanol–water partition coefficient (Wildman–Crippen LogP) is 0.894. The zero-order chi connectivity index (χ0) is 16.0. The molecule has 1 fully saturated rings. The molecule has 0 atom stereocenters. The zero-order valence-corrected chi connectivity index (χ0v) is 13.0. The summed E-state index contributed by atoms with van der Waals surface area (Å²) in [5, 5.41) is 12.1. The van der Waals surface area contributed by atoms with Crippen LogP contribution in [0.15, 0.2) is 0 Å². The van der Waals surface area contributed by atoms with Gasteiger partial charge in [-0.3, -0.25) is 4.79 Å². The second-order valence-corrected chi connectivity index (χ2v) is 5.68. The fourth-order valence-corrected chi connectivity index (χ4v) is 2.46. The minimum absolute atomic E-state index is 0.0506. The largest absolute Gasteiger partial charge is 0.480 e. The first kappa shape index (κ1) is 17.3. The van der Waals surface area contributed by atoms with Gasteiger partial charge in [0.1, 0.15) is 12.1 Å². The molecule has 120 valence electrons. The van der Waals surface area contributed by atoms with E-state index < -0.39 is 17.5 Å². The Balaban J connectivity index is 2.75. The van der Waals surface area contributed by atoms with Crippen LogP contribution >= 0.6 is 0 Å². The van der Waals surface area contributed by atoms with Gasteiger partial charge in [0.15, 0.2) is 0 Å². The molecule has 1 aliphatic carbocycles. The molecule has 0 bridgehead atoms. The van der Waals surface area contributed by atoms with Crippen molar-refractivity contribution >= 4 is 17.9 Å². The van der Waals surface area contributed by atoms with Gasteiger partial charge in [0.05, 0.1) is 0 Å². The Hall–Kier alpha value is -1.79. The molecule has 0 spiro atoms. The van der Waals surface area contributed by atoms with E-state index in [1.54, 1.807) is 21.0 Å². The molecular formula is C14H25N3O4. The van der Waals surface area contributed by atoms with Crippen LogP contribution in [0.1, 0.15) is 39.0 Å². The molecule has 0 unspecified atom stereocenters. The molecule has 0 aromatic rings. The Morgan fingerprint density at radius 3 is 2.14 bits per heavy atom. The third-order valence-corrected chi connectivity index (χ3v) is 3.96. The van der Waals surface area contributed by atoms with Crippen LogP contribution in [0.4, 0.5) is 4.79 Å². The van der Waals surface area contributed by atoms with Crippen molar-refractivity contribution in [1.82, 2.24) is 15.1 Å². The number of hydrogen-bond acceptors (Lipinski definition) is 3. The summed E-state index contributed by atoms with van der Waals surface area (Å²) in [4.78, 5) is 38.3. The predicted molar refractivity (Wildman–Crippen MR) is 77.9 cm³/mol. The van der Waals surface area contributed by atoms with Gasteiger partial charge in [-0.05, 0) is 19.8 Å². The highest BCUT2D eigenvalue weighted by Crippen LogP contribution is 2.28. The van der Waals surface area contributed by atoms with Crippen LogP contribution in [-0.2, 0) is 9.59 Å². The third kappa shape index (κ3) is 4.34. The fraction of sp³-hybridized carbons (Fsp3) is 0.786. The van der Waals surface area contributed by atoms with E-state index in [9.17, 15) is 19.5 Å². The molecule has 1 saturated carbocycles. The van der Waals surface area contributed by atoms with Crippen molar-refractivity contribution in [3.05, 3.63) is 0 Å². The highest BCUT2D eigenvalue weighted by molar-refractivity contribution is 5.88. The average Bonchev–Trinajstić information content (AvgIpc) is 2.44. The van der Waals surface area contributed by atoms with Crippen LogP contribution in [0.25, 0.3) is 0 Å². The summed E-state index contributed by atoms with van der Waals surface area (Å²) < 4.78 is 0. The molecule has 1 aliphatic rings. The van der Waals surface area contributed by atoms with Crippen LogP contribution in [0.2, 0.25) is 0 Å². The molecule has 0 aromatic heterocycles. The van der Waals surface area contributed by atoms with Crippen molar-refractivity contribution < 1.29 is 19.5 Å². The fourth-order valence-electron chi connectivity index (χ4n) is 2.46. The van der Waals surface area contributed by atoms with E-state index in [0.717, 1.165) is 19.3 Å². The number of rotatable bonds is 5. The van der Waals surface area contributed by atoms with Gasteiger partial charge in [-0.25, -0.2) is 9.59 Å². The zero-order valence-electron chi connectivity index (χ0n) is 13.0. The van der Waals surface area contributed by atoms with Crippen molar-refractivity contribution in [2.45, 2.75) is 44.6 Å². The van der Waals surface area contributed by atoms with Crippen molar-refractivity contribution in [3.8, 4) is 0 Å². The smallest absolute Gasteiger partial charge is 0.329 e. The van der Waals surface area contributed by atoms with Crippen molar-refractivity contribution in [2.75, 3.05) is 27.2 Å². The minimum atomic E-state index is -1.19. The number of nitrogens with zero attached hydrogens (tertiary/aromatic N) is 2. The lowest BCUT2D eigenvalue weighted by atomic mass is 9.82. The Bertz CT molecular complexity index is 403. The second-order valence-electron chi connectivity index (χ2n) is 5.68. The Morgan fingerprint density at radius 2 is 1.71 bits per heavy atom. The molecule has 7 heteroatoms. The highest BCUT2D eigenvalue weighted by Gasteiger charge is 2.41. The van der Waals surface area contributed by atoms with Crippen LogP contribution in [0, 0.1) is 0 Å². The number of urea groups is 1. The Kier molecular flexibility index (Phi) is 5.99. The summed E-state index contributed by atoms with van der Waals surface area (Å²) >= 11 is 0. The number of carboxylic acid groups (broad SMARTS) is 1. The van der Waals surface area contributed by atoms with Crippen LogP contribution in [0.5, 0.6) is 0 Å². The van der Waals surface area contributed by atoms with Crippen LogP contribution < -0.4 is 5.32 Å². The molecule has 0 aromatic carbocycles. The monoisotopic (exact) mass is 299 g/mol. The molecule has 2 N–H and O–H groups in total. The van der Waals surface area contributed by atoms with Crippen molar-refractivity contribution in [2.24, 2.45) is 0 Å². The van der Waals surface area contributed by atoms with Crippen LogP contribution in [0.3, 0.4) is 0 Å². The molecule has 3 amide bonds. The highest BCUT2D eigenvalue weighted by atomic mass is 16.4. The number of aliphatic carboxylic acids is 1. The maximum Gasteiger partial charge on any atom is 0.329 e. The molecule has 7 nitrogen and oxygen atoms in total. The van der Waals surface area contributed by atoms with E-state index in [2.05, 4.69) is 5.32 Å². The minimum Gasteiger partial charge on any atom is -0.480 e. The number of likely N-dealkylation sites (N-methyl/N-ethyl adjacent to an activating group) is 2. The number of hydrogen-bond donors (Lipinski definition) is 2. The lowest BCUT2D eigenvalue weighted by Gasteiger charge is -2.36. The lowest BCUT2D eigenvalue weighted by molar-refractivity contribution is -0.145. The summed E-state index contributed by atoms with van der Waals surface area (Å²) in [7, 11) is 3.24. The number of carbonyl (C=O) groups is 3.